The fourth-order valence-corrected chi connectivity index (χ4v) is 4.68. The van der Waals surface area contributed by atoms with Crippen molar-refractivity contribution in [2.75, 3.05) is 0 Å². The van der Waals surface area contributed by atoms with Crippen molar-refractivity contribution < 1.29 is 9.18 Å². The first kappa shape index (κ1) is 21.1. The van der Waals surface area contributed by atoms with Gasteiger partial charge in [-0.3, -0.25) is 14.3 Å². The van der Waals surface area contributed by atoms with Gasteiger partial charge in [0.1, 0.15) is 5.82 Å². The number of nitrogens with one attached hydrogen (secondary N) is 2. The summed E-state index contributed by atoms with van der Waals surface area (Å²) in [6, 6.07) is 12.1. The Morgan fingerprint density at radius 1 is 1.12 bits per heavy atom. The van der Waals surface area contributed by atoms with Crippen LogP contribution in [-0.2, 0) is 7.05 Å². The van der Waals surface area contributed by atoms with Gasteiger partial charge in [-0.1, -0.05) is 24.3 Å². The van der Waals surface area contributed by atoms with Gasteiger partial charge < -0.3 is 5.32 Å². The summed E-state index contributed by atoms with van der Waals surface area (Å²) in [7, 11) is 1.77. The monoisotopic (exact) mass is 445 g/mol. The van der Waals surface area contributed by atoms with E-state index in [2.05, 4.69) is 20.6 Å². The minimum absolute atomic E-state index is 0.0174. The Balaban J connectivity index is 1.25. The predicted molar refractivity (Wildman–Crippen MR) is 123 cm³/mol. The molecule has 5 rings (SSSR count). The molecule has 2 aromatic heterocycles. The standard InChI is InChI=1S/C25H24FN5O2/c1-31-14-17(13-27-31)19-11-8-16(12-22(19)26)24(32)28-18-9-6-15(7-10-18)23-20-4-2-3-5-21(20)25(33)30-29-23/h2-5,8,11-15,18H,6-7,9-10H2,1H3,(H,28,32)(H,30,33)/t15-,18-. The summed E-state index contributed by atoms with van der Waals surface area (Å²) in [5.74, 6) is -0.505. The van der Waals surface area contributed by atoms with Gasteiger partial charge >= 0.3 is 0 Å². The molecule has 33 heavy (non-hydrogen) atoms. The van der Waals surface area contributed by atoms with E-state index in [9.17, 15) is 14.0 Å². The number of fused-ring (bicyclic) bond motifs is 1. The second-order valence-electron chi connectivity index (χ2n) is 8.60. The predicted octanol–water partition coefficient (Wildman–Crippen LogP) is 3.92. The van der Waals surface area contributed by atoms with E-state index in [0.29, 0.717) is 22.1 Å². The van der Waals surface area contributed by atoms with Gasteiger partial charge in [-0.2, -0.15) is 10.2 Å². The van der Waals surface area contributed by atoms with Crippen molar-refractivity contribution >= 4 is 16.7 Å². The molecule has 7 nitrogen and oxygen atoms in total. The van der Waals surface area contributed by atoms with E-state index in [1.54, 1.807) is 36.3 Å². The highest BCUT2D eigenvalue weighted by molar-refractivity contribution is 5.95. The molecule has 0 radical (unpaired) electrons. The Morgan fingerprint density at radius 2 is 1.88 bits per heavy atom. The van der Waals surface area contributed by atoms with Gasteiger partial charge in [0, 0.05) is 47.3 Å². The van der Waals surface area contributed by atoms with Crippen LogP contribution < -0.4 is 10.9 Å². The van der Waals surface area contributed by atoms with E-state index in [1.165, 1.54) is 6.07 Å². The fourth-order valence-electron chi connectivity index (χ4n) is 4.68. The van der Waals surface area contributed by atoms with Gasteiger partial charge in [-0.05, 0) is 43.9 Å². The number of H-pyrrole nitrogens is 1. The summed E-state index contributed by atoms with van der Waals surface area (Å²) in [5.41, 5.74) is 2.11. The second-order valence-corrected chi connectivity index (χ2v) is 8.60. The third kappa shape index (κ3) is 4.16. The number of aromatic amines is 1. The van der Waals surface area contributed by atoms with Crippen molar-refractivity contribution in [3.05, 3.63) is 82.3 Å². The molecule has 0 spiro atoms. The van der Waals surface area contributed by atoms with Crippen LogP contribution in [0.5, 0.6) is 0 Å². The molecule has 1 saturated carbocycles. The van der Waals surface area contributed by atoms with Crippen molar-refractivity contribution in [1.29, 1.82) is 0 Å². The Morgan fingerprint density at radius 3 is 2.58 bits per heavy atom. The zero-order chi connectivity index (χ0) is 22.9. The molecule has 8 heteroatoms. The number of aromatic nitrogens is 4. The molecule has 168 valence electrons. The first-order chi connectivity index (χ1) is 16.0. The highest BCUT2D eigenvalue weighted by Crippen LogP contribution is 2.34. The van der Waals surface area contributed by atoms with Gasteiger partial charge in [-0.25, -0.2) is 9.49 Å². The summed E-state index contributed by atoms with van der Waals surface area (Å²) >= 11 is 0. The van der Waals surface area contributed by atoms with Gasteiger partial charge in [0.05, 0.1) is 17.3 Å². The molecule has 4 aromatic rings. The number of carbonyl (C=O) groups excluding carboxylic acids is 1. The number of hydrogen-bond donors (Lipinski definition) is 2. The van der Waals surface area contributed by atoms with Gasteiger partial charge in [0.2, 0.25) is 0 Å². The van der Waals surface area contributed by atoms with Crippen molar-refractivity contribution in [1.82, 2.24) is 25.3 Å². The Hall–Kier alpha value is -3.81. The van der Waals surface area contributed by atoms with Gasteiger partial charge in [-0.15, -0.1) is 0 Å². The molecule has 0 bridgehead atoms. The lowest BCUT2D eigenvalue weighted by molar-refractivity contribution is 0.0925. The number of hydrogen-bond acceptors (Lipinski definition) is 4. The van der Waals surface area contributed by atoms with E-state index >= 15 is 0 Å². The SMILES string of the molecule is Cn1cc(-c2ccc(C(=O)N[C@H]3CC[C@H](c4n[nH]c(=O)c5ccccc54)CC3)cc2F)cn1. The quantitative estimate of drug-likeness (QED) is 0.498. The van der Waals surface area contributed by atoms with E-state index in [1.807, 2.05) is 24.3 Å². The van der Waals surface area contributed by atoms with Crippen LogP contribution in [0.2, 0.25) is 0 Å². The lowest BCUT2D eigenvalue weighted by atomic mass is 9.82. The highest BCUT2D eigenvalue weighted by atomic mass is 19.1. The number of rotatable bonds is 4. The van der Waals surface area contributed by atoms with E-state index < -0.39 is 5.82 Å². The van der Waals surface area contributed by atoms with Crippen LogP contribution in [0.25, 0.3) is 21.9 Å². The lowest BCUT2D eigenvalue weighted by Gasteiger charge is -2.29. The van der Waals surface area contributed by atoms with Crippen LogP contribution in [0, 0.1) is 5.82 Å². The van der Waals surface area contributed by atoms with Crippen LogP contribution >= 0.6 is 0 Å². The van der Waals surface area contributed by atoms with Crippen molar-refractivity contribution in [3.8, 4) is 11.1 Å². The number of nitrogens with zero attached hydrogens (tertiary/aromatic N) is 3. The average molecular weight is 445 g/mol. The molecule has 1 aliphatic rings. The van der Waals surface area contributed by atoms with Crippen molar-refractivity contribution in [2.24, 2.45) is 7.05 Å². The molecule has 2 N–H and O–H groups in total. The maximum Gasteiger partial charge on any atom is 0.272 e. The lowest BCUT2D eigenvalue weighted by Crippen LogP contribution is -2.37. The topological polar surface area (TPSA) is 92.7 Å². The molecular weight excluding hydrogens is 421 g/mol. The van der Waals surface area contributed by atoms with Crippen molar-refractivity contribution in [2.45, 2.75) is 37.6 Å². The normalized spacial score (nSPS) is 18.4. The molecule has 0 aliphatic heterocycles. The van der Waals surface area contributed by atoms with Gasteiger partial charge in [0.15, 0.2) is 0 Å². The van der Waals surface area contributed by atoms with Gasteiger partial charge in [0.25, 0.3) is 11.5 Å². The van der Waals surface area contributed by atoms with E-state index in [-0.39, 0.29) is 23.4 Å². The third-order valence-electron chi connectivity index (χ3n) is 6.42. The highest BCUT2D eigenvalue weighted by Gasteiger charge is 2.26. The summed E-state index contributed by atoms with van der Waals surface area (Å²) < 4.78 is 16.2. The van der Waals surface area contributed by atoms with E-state index in [0.717, 1.165) is 36.8 Å². The molecule has 1 amide bonds. The zero-order valence-electron chi connectivity index (χ0n) is 18.2. The third-order valence-corrected chi connectivity index (χ3v) is 6.42. The van der Waals surface area contributed by atoms with Crippen LogP contribution in [0.15, 0.2) is 59.7 Å². The number of amides is 1. The Labute approximate surface area is 189 Å². The van der Waals surface area contributed by atoms with Crippen LogP contribution in [0.1, 0.15) is 47.7 Å². The largest absolute Gasteiger partial charge is 0.349 e. The maximum atomic E-state index is 14.6. The fraction of sp³-hybridized carbons (Fsp3) is 0.280. The van der Waals surface area contributed by atoms with Crippen LogP contribution in [0.3, 0.4) is 0 Å². The molecule has 2 aromatic carbocycles. The van der Waals surface area contributed by atoms with Crippen LogP contribution in [0.4, 0.5) is 4.39 Å². The molecule has 2 heterocycles. The maximum absolute atomic E-state index is 14.6. The summed E-state index contributed by atoms with van der Waals surface area (Å²) in [4.78, 5) is 24.8. The zero-order valence-corrected chi connectivity index (χ0v) is 18.2. The molecule has 0 unspecified atom stereocenters. The van der Waals surface area contributed by atoms with E-state index in [4.69, 9.17) is 0 Å². The molecule has 0 saturated heterocycles. The first-order valence-corrected chi connectivity index (χ1v) is 11.1. The second kappa shape index (κ2) is 8.61. The Kier molecular flexibility index (Phi) is 5.50. The molecule has 0 atom stereocenters. The summed E-state index contributed by atoms with van der Waals surface area (Å²) in [6.07, 6.45) is 6.61. The molecular formula is C25H24FN5O2. The molecule has 1 aliphatic carbocycles. The number of carbonyl (C=O) groups is 1. The van der Waals surface area contributed by atoms with Crippen LogP contribution in [-0.4, -0.2) is 31.9 Å². The average Bonchev–Trinajstić information content (AvgIpc) is 3.26. The number of aryl methyl sites for hydroxylation is 1. The summed E-state index contributed by atoms with van der Waals surface area (Å²) in [6.45, 7) is 0. The smallest absolute Gasteiger partial charge is 0.272 e. The first-order valence-electron chi connectivity index (χ1n) is 11.1. The minimum atomic E-state index is -0.449. The summed E-state index contributed by atoms with van der Waals surface area (Å²) in [5, 5.41) is 15.6. The Bertz CT molecular complexity index is 1390. The minimum Gasteiger partial charge on any atom is -0.349 e. The number of halogens is 1. The van der Waals surface area contributed by atoms with Crippen molar-refractivity contribution in [3.63, 3.8) is 0 Å². The molecule has 1 fully saturated rings. The number of benzene rings is 2.